The van der Waals surface area contributed by atoms with Gasteiger partial charge in [-0.25, -0.2) is 4.79 Å². The zero-order chi connectivity index (χ0) is 84.3. The number of carbonyl (C=O) groups excluding carboxylic acids is 7. The Morgan fingerprint density at radius 1 is 0.692 bits per heavy atom. The minimum Gasteiger partial charge on any atom is -0.508 e. The number of fused-ring (bicyclic) bond motifs is 15. The molecule has 2 saturated heterocycles. The summed E-state index contributed by atoms with van der Waals surface area (Å²) in [5, 5.41) is 130. The number of ether oxygens (including phenoxy) is 6. The number of benzene rings is 7. The maximum atomic E-state index is 16.2. The van der Waals surface area contributed by atoms with E-state index in [-0.39, 0.29) is 52.8 Å². The largest absolute Gasteiger partial charge is 0.508 e. The number of nitrogens with two attached hydrogens (primary N) is 1. The standard InChI is InChI=1S/C79H83Cl3N12O23/c1-32(2)20-47(85-5)71(104)92-62-64(99)38-13-18-51(45(81)22-38)113-53-24-40-25-54(68(53)117-78-69(67(102)66(101)55(115-78)31-87-94-84)116-57-29-79(4,70(103)33(3)112-57)86-30-34-6-8-35(9-7-34)36-10-15-41(80)16-11-36)114-52-19-14-39(23-46(52)82)65(100)63-76(109)91-61(77(110)111)44-26-42(95)27-50(97)58(44)43-21-37(12-17-49(43)96)59(73(106)93-63)90-74(107)60(40)89-72(105)48(28-56(83)98)88-75(62)108/h6-19,21-27,32-33,47-48,55,57,59-67,69-70,78,85-86,95-97,99-103H,20,28-31H2,1-5H3,(H2,83,98)(H,88,108)(H,89,105)(H,90,107)(H,91,109)(H,92,104)(H,93,106)(H,110,111)/t33?,47-,48-,55?,57?,59?,60+,61+,62+,63-,64+,65+,66?,67?,69?,70?,78?,79?/m0/s1. The zero-order valence-corrected chi connectivity index (χ0v) is 65.1. The number of halogens is 3. The first-order valence-corrected chi connectivity index (χ1v) is 37.9. The Labute approximate surface area is 681 Å². The lowest BCUT2D eigenvalue weighted by molar-refractivity contribution is -0.331. The van der Waals surface area contributed by atoms with Crippen molar-refractivity contribution in [2.24, 2.45) is 16.8 Å². The summed E-state index contributed by atoms with van der Waals surface area (Å²) in [6, 6.07) is 14.1. The molecule has 10 unspecified atom stereocenters. The van der Waals surface area contributed by atoms with E-state index in [0.29, 0.717) is 5.02 Å². The minimum absolute atomic E-state index is 0.112. The van der Waals surface area contributed by atoms with E-state index in [9.17, 15) is 75.5 Å². The van der Waals surface area contributed by atoms with Crippen molar-refractivity contribution < 1.29 is 113 Å². The fourth-order valence-corrected chi connectivity index (χ4v) is 15.1. The smallest absolute Gasteiger partial charge is 0.330 e. The molecule has 35 nitrogen and oxygen atoms in total. The van der Waals surface area contributed by atoms with E-state index >= 15 is 14.4 Å². The maximum absolute atomic E-state index is 16.2. The molecule has 11 bridgehead atoms. The first-order valence-electron chi connectivity index (χ1n) is 36.8. The van der Waals surface area contributed by atoms with Gasteiger partial charge in [-0.3, -0.25) is 33.6 Å². The van der Waals surface area contributed by atoms with Crippen molar-refractivity contribution in [1.29, 1.82) is 0 Å². The molecule has 18 atom stereocenters. The molecule has 14 rings (SSSR count). The van der Waals surface area contributed by atoms with Gasteiger partial charge in [0.2, 0.25) is 53.4 Å². The summed E-state index contributed by atoms with van der Waals surface area (Å²) in [4.78, 5) is 121. The third-order valence-electron chi connectivity index (χ3n) is 20.7. The number of aliphatic hydroxyl groups is 5. The first kappa shape index (κ1) is 85.3. The second-order valence-corrected chi connectivity index (χ2v) is 30.7. The number of phenols is 3. The number of aromatic hydroxyl groups is 3. The number of nitrogens with zero attached hydrogens (tertiary/aromatic N) is 3. The predicted octanol–water partition coefficient (Wildman–Crippen LogP) is 5.58. The van der Waals surface area contributed by atoms with Crippen LogP contribution in [-0.4, -0.2) is 186 Å². The topological polar surface area (TPSA) is 545 Å². The summed E-state index contributed by atoms with van der Waals surface area (Å²) in [7, 11) is 1.47. The van der Waals surface area contributed by atoms with Crippen LogP contribution in [0.4, 0.5) is 0 Å². The summed E-state index contributed by atoms with van der Waals surface area (Å²) >= 11 is 20.5. The molecular weight excluding hydrogens is 1590 g/mol. The fraction of sp³-hybridized carbons (Fsp3) is 0.367. The Bertz CT molecular complexity index is 5050. The highest BCUT2D eigenvalue weighted by molar-refractivity contribution is 6.32. The predicted molar refractivity (Wildman–Crippen MR) is 416 cm³/mol. The Balaban J connectivity index is 1.05. The van der Waals surface area contributed by atoms with E-state index in [4.69, 9.17) is 69.0 Å². The summed E-state index contributed by atoms with van der Waals surface area (Å²) in [5.74, 6) is -16.2. The van der Waals surface area contributed by atoms with Gasteiger partial charge in [0.25, 0.3) is 0 Å². The van der Waals surface area contributed by atoms with Gasteiger partial charge < -0.3 is 123 Å². The molecule has 7 heterocycles. The van der Waals surface area contributed by atoms with E-state index in [1.54, 1.807) is 26.0 Å². The highest BCUT2D eigenvalue weighted by atomic mass is 35.5. The molecule has 7 aromatic carbocycles. The van der Waals surface area contributed by atoms with Gasteiger partial charge in [0.05, 0.1) is 47.4 Å². The molecule has 0 spiro atoms. The number of hydrogen-bond donors (Lipinski definition) is 18. The van der Waals surface area contributed by atoms with Gasteiger partial charge in [0.15, 0.2) is 29.9 Å². The number of amides is 7. The number of likely N-dealkylation sites (N-methyl/N-ethyl adjacent to an activating group) is 1. The van der Waals surface area contributed by atoms with Crippen molar-refractivity contribution in [2.75, 3.05) is 13.6 Å². The number of carboxylic acids is 1. The van der Waals surface area contributed by atoms with Crippen LogP contribution in [0.25, 0.3) is 32.7 Å². The van der Waals surface area contributed by atoms with Gasteiger partial charge in [-0.1, -0.05) is 108 Å². The SMILES string of the molecule is CN[C@@H](CC(C)C)C(=O)N[C@H]1C(=O)N[C@@H](CC(N)=O)C(=O)N[C@H]2C(=O)NC3C(=O)N[C@H](C(=O)N[C@@H](C(=O)O)c4cc(O)cc(O)c4-c4cc3ccc4O)[C@H](O)c3ccc(c(Cl)c3)Oc3cc2cc(c3OC2OC(CN=[N+]=[N-])C(O)C(O)C2OC2CC(C)(NCc3ccc(-c4ccc(Cl)cc4)cc3)C(O)C(C)O2)Oc2ccc(cc2Cl)[C@H]1O. The first-order chi connectivity index (χ1) is 55.6. The normalized spacial score (nSPS) is 26.9. The van der Waals surface area contributed by atoms with Crippen LogP contribution in [0.15, 0.2) is 133 Å². The van der Waals surface area contributed by atoms with Gasteiger partial charge in [-0.05, 0) is 144 Å². The van der Waals surface area contributed by atoms with Crippen LogP contribution in [0, 0.1) is 5.92 Å². The van der Waals surface area contributed by atoms with E-state index in [1.165, 1.54) is 19.2 Å². The number of aliphatic carboxylic acids is 1. The van der Waals surface area contributed by atoms with Crippen LogP contribution in [0.1, 0.15) is 111 Å². The molecule has 7 amide bonds. The monoisotopic (exact) mass is 1670 g/mol. The number of nitrogens with one attached hydrogen (secondary N) is 8. The molecule has 38 heteroatoms. The third-order valence-corrected chi connectivity index (χ3v) is 21.5. The molecule has 618 valence electrons. The molecule has 117 heavy (non-hydrogen) atoms. The Kier molecular flexibility index (Phi) is 26.1. The van der Waals surface area contributed by atoms with Crippen LogP contribution < -0.4 is 62.5 Å². The van der Waals surface area contributed by atoms with Crippen LogP contribution in [-0.2, 0) is 59.1 Å². The van der Waals surface area contributed by atoms with E-state index in [0.717, 1.165) is 83.4 Å². The number of hydrogen-bond acceptors (Lipinski definition) is 25. The van der Waals surface area contributed by atoms with Crippen LogP contribution in [0.2, 0.25) is 15.1 Å². The molecule has 0 aromatic heterocycles. The lowest BCUT2D eigenvalue weighted by Crippen LogP contribution is -2.65. The van der Waals surface area contributed by atoms with Crippen LogP contribution in [0.3, 0.4) is 0 Å². The molecule has 2 fully saturated rings. The molecule has 0 saturated carbocycles. The van der Waals surface area contributed by atoms with Crippen molar-refractivity contribution in [3.05, 3.63) is 186 Å². The van der Waals surface area contributed by atoms with Crippen molar-refractivity contribution in [1.82, 2.24) is 42.5 Å². The molecule has 0 aliphatic carbocycles. The molecule has 0 radical (unpaired) electrons. The van der Waals surface area contributed by atoms with E-state index in [2.05, 4.69) is 52.6 Å². The summed E-state index contributed by atoms with van der Waals surface area (Å²) in [5.41, 5.74) is 13.9. The number of rotatable bonds is 18. The van der Waals surface area contributed by atoms with Crippen LogP contribution >= 0.6 is 34.8 Å². The van der Waals surface area contributed by atoms with Gasteiger partial charge >= 0.3 is 5.97 Å². The molecular formula is C79H83Cl3N12O23. The Hall–Kier alpha value is -11.1. The van der Waals surface area contributed by atoms with Crippen molar-refractivity contribution >= 4 is 82.1 Å². The van der Waals surface area contributed by atoms with Gasteiger partial charge in [-0.2, -0.15) is 0 Å². The lowest BCUT2D eigenvalue weighted by Gasteiger charge is -2.48. The highest BCUT2D eigenvalue weighted by Crippen LogP contribution is 2.50. The fourth-order valence-electron chi connectivity index (χ4n) is 14.5. The molecule has 7 aliphatic heterocycles. The highest BCUT2D eigenvalue weighted by Gasteiger charge is 2.52. The van der Waals surface area contributed by atoms with Crippen LogP contribution in [0.5, 0.6) is 46.0 Å². The van der Waals surface area contributed by atoms with Crippen molar-refractivity contribution in [3.63, 3.8) is 0 Å². The van der Waals surface area contributed by atoms with Gasteiger partial charge in [0, 0.05) is 51.2 Å². The zero-order valence-electron chi connectivity index (χ0n) is 62.8. The number of phenolic OH excluding ortho intramolecular Hbond substituents is 3. The molecule has 7 aliphatic rings. The van der Waals surface area contributed by atoms with Crippen molar-refractivity contribution in [3.8, 4) is 68.2 Å². The average molecular weight is 1670 g/mol. The Morgan fingerprint density at radius 3 is 1.91 bits per heavy atom. The quantitative estimate of drug-likeness (QED) is 0.0283. The second kappa shape index (κ2) is 35.8. The number of carbonyl (C=O) groups is 8. The lowest BCUT2D eigenvalue weighted by atomic mass is 9.84. The second-order valence-electron chi connectivity index (χ2n) is 29.4. The average Bonchev–Trinajstić information content (AvgIpc) is 0.766. The number of carboxylic acid groups (broad SMARTS) is 1. The summed E-state index contributed by atoms with van der Waals surface area (Å²) < 4.78 is 39.7. The number of aliphatic hydroxyl groups excluding tert-OH is 5. The maximum Gasteiger partial charge on any atom is 0.330 e. The third kappa shape index (κ3) is 18.8. The van der Waals surface area contributed by atoms with E-state index < -0.39 is 237 Å². The number of azide groups is 1. The summed E-state index contributed by atoms with van der Waals surface area (Å²) in [6.45, 7) is 6.42. The Morgan fingerprint density at radius 2 is 1.30 bits per heavy atom. The molecule has 7 aromatic rings. The van der Waals surface area contributed by atoms with Crippen molar-refractivity contribution in [2.45, 2.75) is 163 Å². The number of primary amides is 1. The summed E-state index contributed by atoms with van der Waals surface area (Å²) in [6.07, 6.45) is -18.8. The van der Waals surface area contributed by atoms with E-state index in [1.807, 2.05) is 50.2 Å². The molecule has 19 N–H and O–H groups in total. The van der Waals surface area contributed by atoms with Gasteiger partial charge in [0.1, 0.15) is 83.4 Å². The van der Waals surface area contributed by atoms with Gasteiger partial charge in [-0.15, -0.1) is 0 Å². The minimum atomic E-state index is -2.38.